The van der Waals surface area contributed by atoms with E-state index in [1.165, 1.54) is 17.5 Å². The van der Waals surface area contributed by atoms with Gasteiger partial charge in [0, 0.05) is 11.1 Å². The van der Waals surface area contributed by atoms with Gasteiger partial charge < -0.3 is 10.4 Å². The molecule has 0 saturated carbocycles. The van der Waals surface area contributed by atoms with Gasteiger partial charge >= 0.3 is 5.97 Å². The molecule has 1 aromatic carbocycles. The predicted octanol–water partition coefficient (Wildman–Crippen LogP) is 1.49. The summed E-state index contributed by atoms with van der Waals surface area (Å²) in [6.07, 6.45) is 0. The van der Waals surface area contributed by atoms with E-state index in [0.29, 0.717) is 5.69 Å². The maximum Gasteiger partial charge on any atom is 0.335 e. The number of carboxylic acid groups (broad SMARTS) is 1. The summed E-state index contributed by atoms with van der Waals surface area (Å²) >= 11 is 1.07. The van der Waals surface area contributed by atoms with E-state index in [9.17, 15) is 9.59 Å². The van der Waals surface area contributed by atoms with Crippen LogP contribution in [0.15, 0.2) is 29.6 Å². The van der Waals surface area contributed by atoms with Gasteiger partial charge in [-0.2, -0.15) is 0 Å². The quantitative estimate of drug-likeness (QED) is 0.859. The number of hydrogen-bond acceptors (Lipinski definition) is 5. The fourth-order valence-electron chi connectivity index (χ4n) is 1.19. The van der Waals surface area contributed by atoms with Crippen LogP contribution in [0.4, 0.5) is 5.69 Å². The first-order chi connectivity index (χ1) is 8.16. The first-order valence-corrected chi connectivity index (χ1v) is 5.42. The lowest BCUT2D eigenvalue weighted by Crippen LogP contribution is -2.12. The fraction of sp³-hybridized carbons (Fsp3) is 0. The van der Waals surface area contributed by atoms with Crippen LogP contribution in [0.1, 0.15) is 20.8 Å². The van der Waals surface area contributed by atoms with Crippen molar-refractivity contribution in [2.45, 2.75) is 0 Å². The molecule has 0 aliphatic heterocycles. The Morgan fingerprint density at radius 1 is 1.35 bits per heavy atom. The minimum Gasteiger partial charge on any atom is -0.478 e. The zero-order valence-electron chi connectivity index (χ0n) is 8.45. The van der Waals surface area contributed by atoms with Gasteiger partial charge in [0.15, 0.2) is 5.69 Å². The van der Waals surface area contributed by atoms with Crippen molar-refractivity contribution in [3.63, 3.8) is 0 Å². The molecule has 1 amide bonds. The van der Waals surface area contributed by atoms with E-state index < -0.39 is 11.9 Å². The summed E-state index contributed by atoms with van der Waals surface area (Å²) in [6, 6.07) is 5.98. The maximum absolute atomic E-state index is 11.6. The number of anilines is 1. The smallest absolute Gasteiger partial charge is 0.335 e. The summed E-state index contributed by atoms with van der Waals surface area (Å²) in [6.45, 7) is 0. The van der Waals surface area contributed by atoms with Gasteiger partial charge in [-0.1, -0.05) is 10.6 Å². The molecule has 1 aromatic heterocycles. The molecule has 7 heteroatoms. The molecular weight excluding hydrogens is 242 g/mol. The van der Waals surface area contributed by atoms with Crippen molar-refractivity contribution in [1.82, 2.24) is 9.59 Å². The third-order valence-electron chi connectivity index (χ3n) is 1.96. The van der Waals surface area contributed by atoms with Gasteiger partial charge in [-0.25, -0.2) is 4.79 Å². The molecule has 0 bridgehead atoms. The normalized spacial score (nSPS) is 9.88. The van der Waals surface area contributed by atoms with Gasteiger partial charge in [-0.15, -0.1) is 5.10 Å². The third-order valence-corrected chi connectivity index (χ3v) is 2.46. The number of carboxylic acids is 1. The minimum absolute atomic E-state index is 0.110. The molecule has 2 rings (SSSR count). The van der Waals surface area contributed by atoms with Crippen LogP contribution in [-0.4, -0.2) is 26.6 Å². The average Bonchev–Trinajstić information content (AvgIpc) is 2.82. The van der Waals surface area contributed by atoms with Crippen LogP contribution >= 0.6 is 11.5 Å². The Bertz CT molecular complexity index is 554. The monoisotopic (exact) mass is 249 g/mol. The summed E-state index contributed by atoms with van der Waals surface area (Å²) in [5, 5.41) is 16.5. The second kappa shape index (κ2) is 4.71. The molecule has 0 aliphatic carbocycles. The number of carbonyl (C=O) groups is 2. The topological polar surface area (TPSA) is 92.2 Å². The Kier molecular flexibility index (Phi) is 3.10. The molecule has 6 nitrogen and oxygen atoms in total. The van der Waals surface area contributed by atoms with Crippen LogP contribution in [0.25, 0.3) is 0 Å². The Hall–Kier alpha value is -2.28. The molecule has 2 N–H and O–H groups in total. The molecule has 1 heterocycles. The second-order valence-corrected chi connectivity index (χ2v) is 3.74. The zero-order valence-corrected chi connectivity index (χ0v) is 9.27. The zero-order chi connectivity index (χ0) is 12.3. The van der Waals surface area contributed by atoms with Crippen LogP contribution in [0.2, 0.25) is 0 Å². The van der Waals surface area contributed by atoms with Crippen LogP contribution in [-0.2, 0) is 0 Å². The molecule has 2 aromatic rings. The average molecular weight is 249 g/mol. The lowest BCUT2D eigenvalue weighted by atomic mass is 10.2. The van der Waals surface area contributed by atoms with Crippen LogP contribution in [0, 0.1) is 0 Å². The summed E-state index contributed by atoms with van der Waals surface area (Å²) < 4.78 is 3.57. The van der Waals surface area contributed by atoms with Gasteiger partial charge in [0.05, 0.1) is 5.56 Å². The first-order valence-electron chi connectivity index (χ1n) is 4.58. The Labute approximate surface area is 100 Å². The summed E-state index contributed by atoms with van der Waals surface area (Å²) in [5.41, 5.74) is 0.720. The van der Waals surface area contributed by atoms with Crippen molar-refractivity contribution in [2.75, 3.05) is 5.32 Å². The van der Waals surface area contributed by atoms with Crippen molar-refractivity contribution in [3.05, 3.63) is 40.9 Å². The molecule has 0 fully saturated rings. The third kappa shape index (κ3) is 2.64. The van der Waals surface area contributed by atoms with Crippen molar-refractivity contribution in [1.29, 1.82) is 0 Å². The lowest BCUT2D eigenvalue weighted by Gasteiger charge is -2.03. The molecule has 0 saturated heterocycles. The SMILES string of the molecule is O=C(O)c1cccc(NC(=O)c2csnn2)c1. The highest BCUT2D eigenvalue weighted by Crippen LogP contribution is 2.12. The molecule has 0 unspecified atom stereocenters. The van der Waals surface area contributed by atoms with Crippen LogP contribution in [0.3, 0.4) is 0 Å². The van der Waals surface area contributed by atoms with Crippen molar-refractivity contribution < 1.29 is 14.7 Å². The number of aromatic nitrogens is 2. The first kappa shape index (κ1) is 11.2. The highest BCUT2D eigenvalue weighted by atomic mass is 32.1. The number of rotatable bonds is 3. The number of nitrogens with one attached hydrogen (secondary N) is 1. The molecule has 17 heavy (non-hydrogen) atoms. The van der Waals surface area contributed by atoms with Gasteiger partial charge in [0.25, 0.3) is 5.91 Å². The Balaban J connectivity index is 2.16. The number of hydrogen-bond donors (Lipinski definition) is 2. The van der Waals surface area contributed by atoms with E-state index in [1.54, 1.807) is 12.1 Å². The number of aromatic carboxylic acids is 1. The summed E-state index contributed by atoms with van der Waals surface area (Å²) in [7, 11) is 0. The van der Waals surface area contributed by atoms with Crippen molar-refractivity contribution in [2.24, 2.45) is 0 Å². The maximum atomic E-state index is 11.6. The molecule has 86 valence electrons. The summed E-state index contributed by atoms with van der Waals surface area (Å²) in [4.78, 5) is 22.3. The Morgan fingerprint density at radius 3 is 2.82 bits per heavy atom. The van der Waals surface area contributed by atoms with Crippen molar-refractivity contribution >= 4 is 29.1 Å². The lowest BCUT2D eigenvalue weighted by molar-refractivity contribution is 0.0696. The van der Waals surface area contributed by atoms with Crippen LogP contribution < -0.4 is 5.32 Å². The van der Waals surface area contributed by atoms with Gasteiger partial charge in [-0.3, -0.25) is 4.79 Å². The highest BCUT2D eigenvalue weighted by Gasteiger charge is 2.10. The molecule has 0 atom stereocenters. The standard InChI is InChI=1S/C10H7N3O3S/c14-9(8-5-17-13-12-8)11-7-3-1-2-6(4-7)10(15)16/h1-5H,(H,11,14)(H,15,16). The minimum atomic E-state index is -1.04. The molecular formula is C10H7N3O3S. The predicted molar refractivity (Wildman–Crippen MR) is 61.3 cm³/mol. The van der Waals surface area contributed by atoms with Gasteiger partial charge in [0.1, 0.15) is 0 Å². The number of amides is 1. The van der Waals surface area contributed by atoms with E-state index in [-0.39, 0.29) is 11.3 Å². The second-order valence-electron chi connectivity index (χ2n) is 3.13. The van der Waals surface area contributed by atoms with E-state index in [2.05, 4.69) is 14.9 Å². The largest absolute Gasteiger partial charge is 0.478 e. The fourth-order valence-corrected chi connectivity index (χ4v) is 1.62. The van der Waals surface area contributed by atoms with Crippen LogP contribution in [0.5, 0.6) is 0 Å². The summed E-state index contributed by atoms with van der Waals surface area (Å²) in [5.74, 6) is -1.46. The van der Waals surface area contributed by atoms with Gasteiger partial charge in [-0.05, 0) is 29.7 Å². The van der Waals surface area contributed by atoms with E-state index in [1.807, 2.05) is 0 Å². The Morgan fingerprint density at radius 2 is 2.18 bits per heavy atom. The van der Waals surface area contributed by atoms with Gasteiger partial charge in [0.2, 0.25) is 0 Å². The van der Waals surface area contributed by atoms with Crippen molar-refractivity contribution in [3.8, 4) is 0 Å². The molecule has 0 spiro atoms. The number of benzene rings is 1. The number of carbonyl (C=O) groups excluding carboxylic acids is 1. The molecule has 0 aliphatic rings. The molecule has 0 radical (unpaired) electrons. The van der Waals surface area contributed by atoms with E-state index >= 15 is 0 Å². The van der Waals surface area contributed by atoms with E-state index in [0.717, 1.165) is 11.5 Å². The highest BCUT2D eigenvalue weighted by molar-refractivity contribution is 7.03. The van der Waals surface area contributed by atoms with E-state index in [4.69, 9.17) is 5.11 Å². The number of nitrogens with zero attached hydrogens (tertiary/aromatic N) is 2.